The summed E-state index contributed by atoms with van der Waals surface area (Å²) in [5.74, 6) is 0.162. The van der Waals surface area contributed by atoms with E-state index in [1.807, 2.05) is 9.80 Å². The third kappa shape index (κ3) is 3.62. The maximum absolute atomic E-state index is 12.1. The molecule has 6 heteroatoms. The van der Waals surface area contributed by atoms with Gasteiger partial charge in [0.1, 0.15) is 0 Å². The molecule has 114 valence electrons. The van der Waals surface area contributed by atoms with E-state index >= 15 is 0 Å². The van der Waals surface area contributed by atoms with Crippen LogP contribution >= 0.6 is 0 Å². The molecule has 3 amide bonds. The Labute approximate surface area is 120 Å². The summed E-state index contributed by atoms with van der Waals surface area (Å²) in [5, 5.41) is 2.83. The van der Waals surface area contributed by atoms with E-state index in [1.165, 1.54) is 0 Å². The number of piperidine rings is 1. The molecule has 2 saturated heterocycles. The fourth-order valence-corrected chi connectivity index (χ4v) is 3.09. The number of carbonyl (C=O) groups excluding carboxylic acids is 2. The lowest BCUT2D eigenvalue weighted by atomic mass is 10.0. The molecule has 0 aromatic rings. The van der Waals surface area contributed by atoms with E-state index in [1.54, 1.807) is 0 Å². The maximum Gasteiger partial charge on any atom is 0.317 e. The highest BCUT2D eigenvalue weighted by Gasteiger charge is 2.31. The number of hydrogen-bond donors (Lipinski definition) is 2. The average molecular weight is 282 g/mol. The van der Waals surface area contributed by atoms with Crippen molar-refractivity contribution in [2.75, 3.05) is 26.2 Å². The van der Waals surface area contributed by atoms with Crippen molar-refractivity contribution in [3.05, 3.63) is 0 Å². The summed E-state index contributed by atoms with van der Waals surface area (Å²) in [5.41, 5.74) is 5.93. The van der Waals surface area contributed by atoms with E-state index in [4.69, 9.17) is 5.73 Å². The number of amides is 3. The minimum atomic E-state index is -0.0189. The van der Waals surface area contributed by atoms with Crippen LogP contribution in [0.2, 0.25) is 0 Å². The van der Waals surface area contributed by atoms with E-state index in [9.17, 15) is 9.59 Å². The minimum Gasteiger partial charge on any atom is -0.342 e. The smallest absolute Gasteiger partial charge is 0.317 e. The van der Waals surface area contributed by atoms with Crippen molar-refractivity contribution in [3.8, 4) is 0 Å². The van der Waals surface area contributed by atoms with Crippen LogP contribution in [0.15, 0.2) is 0 Å². The second-order valence-electron chi connectivity index (χ2n) is 5.79. The molecule has 2 heterocycles. The van der Waals surface area contributed by atoms with Crippen LogP contribution < -0.4 is 11.1 Å². The Morgan fingerprint density at radius 3 is 2.65 bits per heavy atom. The summed E-state index contributed by atoms with van der Waals surface area (Å²) in [6.07, 6.45) is 4.11. The van der Waals surface area contributed by atoms with Crippen LogP contribution in [0.25, 0.3) is 0 Å². The topological polar surface area (TPSA) is 78.7 Å². The molecule has 0 aromatic heterocycles. The van der Waals surface area contributed by atoms with Gasteiger partial charge in [-0.3, -0.25) is 4.79 Å². The van der Waals surface area contributed by atoms with Crippen LogP contribution in [0.1, 0.15) is 39.0 Å². The molecule has 0 radical (unpaired) electrons. The molecule has 3 N–H and O–H groups in total. The summed E-state index contributed by atoms with van der Waals surface area (Å²) in [4.78, 5) is 27.6. The Hall–Kier alpha value is -1.30. The molecule has 20 heavy (non-hydrogen) atoms. The van der Waals surface area contributed by atoms with Gasteiger partial charge in [0.2, 0.25) is 5.91 Å². The Morgan fingerprint density at radius 2 is 2.10 bits per heavy atom. The molecule has 2 fully saturated rings. The lowest BCUT2D eigenvalue weighted by Gasteiger charge is -2.36. The molecule has 6 nitrogen and oxygen atoms in total. The fraction of sp³-hybridized carbons (Fsp3) is 0.857. The van der Waals surface area contributed by atoms with Gasteiger partial charge in [-0.1, -0.05) is 13.3 Å². The van der Waals surface area contributed by atoms with Gasteiger partial charge in [-0.05, 0) is 19.3 Å². The van der Waals surface area contributed by atoms with Crippen LogP contribution in [0.5, 0.6) is 0 Å². The second kappa shape index (κ2) is 6.92. The number of urea groups is 1. The zero-order valence-corrected chi connectivity index (χ0v) is 12.3. The molecule has 0 aromatic carbocycles. The first kappa shape index (κ1) is 15.1. The number of nitrogens with one attached hydrogen (secondary N) is 1. The predicted octanol–water partition coefficient (Wildman–Crippen LogP) is 0.520. The second-order valence-corrected chi connectivity index (χ2v) is 5.79. The molecule has 0 spiro atoms. The zero-order chi connectivity index (χ0) is 14.5. The van der Waals surface area contributed by atoms with Gasteiger partial charge in [-0.2, -0.15) is 0 Å². The molecule has 0 aliphatic carbocycles. The van der Waals surface area contributed by atoms with Gasteiger partial charge in [-0.25, -0.2) is 4.79 Å². The van der Waals surface area contributed by atoms with Gasteiger partial charge in [0.25, 0.3) is 0 Å². The molecule has 0 bridgehead atoms. The summed E-state index contributed by atoms with van der Waals surface area (Å²) in [6.45, 7) is 5.10. The number of nitrogens with zero attached hydrogens (tertiary/aromatic N) is 2. The number of hydrogen-bond acceptors (Lipinski definition) is 3. The van der Waals surface area contributed by atoms with Crippen LogP contribution in [-0.2, 0) is 4.79 Å². The van der Waals surface area contributed by atoms with Crippen molar-refractivity contribution < 1.29 is 9.59 Å². The van der Waals surface area contributed by atoms with Crippen molar-refractivity contribution in [2.24, 2.45) is 5.73 Å². The third-order valence-corrected chi connectivity index (χ3v) is 4.24. The third-order valence-electron chi connectivity index (χ3n) is 4.24. The Balaban J connectivity index is 1.76. The highest BCUT2D eigenvalue weighted by molar-refractivity contribution is 5.77. The van der Waals surface area contributed by atoms with Crippen molar-refractivity contribution in [1.82, 2.24) is 15.1 Å². The molecule has 1 unspecified atom stereocenters. The van der Waals surface area contributed by atoms with E-state index in [0.717, 1.165) is 51.9 Å². The van der Waals surface area contributed by atoms with Gasteiger partial charge < -0.3 is 20.9 Å². The van der Waals surface area contributed by atoms with E-state index in [0.29, 0.717) is 6.42 Å². The monoisotopic (exact) mass is 282 g/mol. The summed E-state index contributed by atoms with van der Waals surface area (Å²) < 4.78 is 0. The van der Waals surface area contributed by atoms with Crippen LogP contribution in [0.3, 0.4) is 0 Å². The summed E-state index contributed by atoms with van der Waals surface area (Å²) >= 11 is 0. The number of rotatable bonds is 5. The Bertz CT molecular complexity index is 353. The highest BCUT2D eigenvalue weighted by atomic mass is 16.2. The lowest BCUT2D eigenvalue weighted by Crippen LogP contribution is -2.48. The van der Waals surface area contributed by atoms with Crippen molar-refractivity contribution in [1.29, 1.82) is 0 Å². The zero-order valence-electron chi connectivity index (χ0n) is 12.3. The molecule has 1 atom stereocenters. The predicted molar refractivity (Wildman–Crippen MR) is 77.2 cm³/mol. The first-order valence-electron chi connectivity index (χ1n) is 7.69. The van der Waals surface area contributed by atoms with Gasteiger partial charge in [0.05, 0.1) is 0 Å². The SMILES string of the molecule is CCCC(N)CC(=O)N1CCC(N2CCNC2=O)CC1. The molecule has 0 saturated carbocycles. The van der Waals surface area contributed by atoms with Crippen molar-refractivity contribution in [3.63, 3.8) is 0 Å². The van der Waals surface area contributed by atoms with Gasteiger partial charge in [-0.15, -0.1) is 0 Å². The summed E-state index contributed by atoms with van der Waals surface area (Å²) in [6, 6.07) is 0.306. The normalized spacial score (nSPS) is 22.0. The Morgan fingerprint density at radius 1 is 1.40 bits per heavy atom. The molecule has 2 rings (SSSR count). The first-order valence-corrected chi connectivity index (χ1v) is 7.69. The van der Waals surface area contributed by atoms with E-state index < -0.39 is 0 Å². The highest BCUT2D eigenvalue weighted by Crippen LogP contribution is 2.19. The Kier molecular flexibility index (Phi) is 5.23. The lowest BCUT2D eigenvalue weighted by molar-refractivity contribution is -0.133. The maximum atomic E-state index is 12.1. The fourth-order valence-electron chi connectivity index (χ4n) is 3.09. The first-order chi connectivity index (χ1) is 9.61. The number of carbonyl (C=O) groups is 2. The van der Waals surface area contributed by atoms with Crippen LogP contribution in [-0.4, -0.2) is 60.0 Å². The summed E-state index contributed by atoms with van der Waals surface area (Å²) in [7, 11) is 0. The standard InChI is InChI=1S/C14H26N4O2/c1-2-3-11(15)10-13(19)17-7-4-12(5-8-17)18-9-6-16-14(18)20/h11-12H,2-10,15H2,1H3,(H,16,20). The van der Waals surface area contributed by atoms with Gasteiger partial charge in [0, 0.05) is 44.7 Å². The van der Waals surface area contributed by atoms with Gasteiger partial charge in [0.15, 0.2) is 0 Å². The van der Waals surface area contributed by atoms with Crippen LogP contribution in [0.4, 0.5) is 4.79 Å². The molecule has 2 aliphatic rings. The number of likely N-dealkylation sites (tertiary alicyclic amines) is 1. The van der Waals surface area contributed by atoms with Crippen molar-refractivity contribution in [2.45, 2.75) is 51.1 Å². The van der Waals surface area contributed by atoms with E-state index in [2.05, 4.69) is 12.2 Å². The quantitative estimate of drug-likeness (QED) is 0.771. The average Bonchev–Trinajstić information content (AvgIpc) is 2.85. The largest absolute Gasteiger partial charge is 0.342 e. The van der Waals surface area contributed by atoms with Crippen LogP contribution in [0, 0.1) is 0 Å². The minimum absolute atomic E-state index is 0.0189. The number of nitrogens with two attached hydrogens (primary N) is 1. The molecular formula is C14H26N4O2. The molecule has 2 aliphatic heterocycles. The van der Waals surface area contributed by atoms with Gasteiger partial charge >= 0.3 is 6.03 Å². The molecular weight excluding hydrogens is 256 g/mol. The van der Waals surface area contributed by atoms with Crippen molar-refractivity contribution >= 4 is 11.9 Å². The van der Waals surface area contributed by atoms with E-state index in [-0.39, 0.29) is 24.0 Å².